The molecule has 5 fully saturated rings. The van der Waals surface area contributed by atoms with Crippen LogP contribution >= 0.6 is 0 Å². The Hall–Kier alpha value is -1.64. The van der Waals surface area contributed by atoms with Gasteiger partial charge in [-0.15, -0.1) is 0 Å². The van der Waals surface area contributed by atoms with Gasteiger partial charge in [-0.25, -0.2) is 5.43 Å². The molecule has 1 aromatic rings. The lowest BCUT2D eigenvalue weighted by atomic mass is 9.55. The number of nitrogens with zero attached hydrogens (tertiary/aromatic N) is 1. The first-order valence-electron chi connectivity index (χ1n) is 9.20. The molecule has 0 unspecified atom stereocenters. The van der Waals surface area contributed by atoms with Crippen molar-refractivity contribution in [1.82, 2.24) is 5.43 Å². The molecular weight excluding hydrogens is 284 g/mol. The third-order valence-electron chi connectivity index (χ3n) is 6.62. The van der Waals surface area contributed by atoms with Gasteiger partial charge in [0.2, 0.25) is 5.91 Å². The van der Waals surface area contributed by atoms with Crippen molar-refractivity contribution >= 4 is 11.6 Å². The topological polar surface area (TPSA) is 41.5 Å². The van der Waals surface area contributed by atoms with Crippen LogP contribution in [0.4, 0.5) is 0 Å². The zero-order valence-corrected chi connectivity index (χ0v) is 13.4. The molecule has 0 heterocycles. The Morgan fingerprint density at radius 1 is 0.913 bits per heavy atom. The molecule has 0 saturated heterocycles. The van der Waals surface area contributed by atoms with Gasteiger partial charge in [-0.2, -0.15) is 5.10 Å². The minimum atomic E-state index is 0.124. The highest BCUT2D eigenvalue weighted by molar-refractivity contribution is 5.92. The molecule has 5 saturated carbocycles. The van der Waals surface area contributed by atoms with Gasteiger partial charge < -0.3 is 0 Å². The van der Waals surface area contributed by atoms with Gasteiger partial charge in [0.15, 0.2) is 0 Å². The van der Waals surface area contributed by atoms with Crippen LogP contribution in [0.1, 0.15) is 50.0 Å². The zero-order valence-electron chi connectivity index (χ0n) is 13.4. The fourth-order valence-corrected chi connectivity index (χ4v) is 5.61. The van der Waals surface area contributed by atoms with E-state index in [2.05, 4.69) is 34.8 Å². The van der Waals surface area contributed by atoms with Crippen molar-refractivity contribution < 1.29 is 4.79 Å². The number of rotatable bonds is 3. The summed E-state index contributed by atoms with van der Waals surface area (Å²) in [6, 6.07) is 10.4. The summed E-state index contributed by atoms with van der Waals surface area (Å²) in [6.45, 7) is 0. The van der Waals surface area contributed by atoms with Gasteiger partial charge in [-0.1, -0.05) is 30.3 Å². The summed E-state index contributed by atoms with van der Waals surface area (Å²) < 4.78 is 0. The second-order valence-corrected chi connectivity index (χ2v) is 8.18. The summed E-state index contributed by atoms with van der Waals surface area (Å²) in [4.78, 5) is 12.4. The van der Waals surface area contributed by atoms with Crippen molar-refractivity contribution in [2.24, 2.45) is 34.7 Å². The van der Waals surface area contributed by atoms with Crippen LogP contribution in [0.2, 0.25) is 0 Å². The standard InChI is InChI=1S/C20H24N2O/c23-20(18-11-17(18)14-4-2-1-3-5-14)22-21-19-15-7-12-6-13(9-15)10-16(19)8-12/h1-5,12-13,15-18H,6-11H2,(H,22,23)/t12?,13?,15?,16?,17-,18-/m1/s1. The third kappa shape index (κ3) is 2.41. The molecule has 2 atom stereocenters. The van der Waals surface area contributed by atoms with Crippen molar-refractivity contribution in [3.63, 3.8) is 0 Å². The number of hydrogen-bond acceptors (Lipinski definition) is 2. The molecule has 0 aromatic heterocycles. The van der Waals surface area contributed by atoms with Crippen molar-refractivity contribution in [2.75, 3.05) is 0 Å². The summed E-state index contributed by atoms with van der Waals surface area (Å²) >= 11 is 0. The molecule has 3 nitrogen and oxygen atoms in total. The molecule has 23 heavy (non-hydrogen) atoms. The molecule has 1 amide bonds. The molecule has 1 aromatic carbocycles. The van der Waals surface area contributed by atoms with Gasteiger partial charge in [0.1, 0.15) is 0 Å². The quantitative estimate of drug-likeness (QED) is 0.850. The molecular formula is C20H24N2O. The fraction of sp³-hybridized carbons (Fsp3) is 0.600. The average Bonchev–Trinajstić information content (AvgIpc) is 3.35. The maximum Gasteiger partial charge on any atom is 0.243 e. The van der Waals surface area contributed by atoms with E-state index in [1.165, 1.54) is 43.4 Å². The first-order chi connectivity index (χ1) is 11.3. The molecule has 0 aliphatic heterocycles. The number of amides is 1. The summed E-state index contributed by atoms with van der Waals surface area (Å²) in [5, 5.41) is 4.63. The van der Waals surface area contributed by atoms with Crippen LogP contribution < -0.4 is 5.43 Å². The van der Waals surface area contributed by atoms with Gasteiger partial charge in [0, 0.05) is 11.6 Å². The first kappa shape index (κ1) is 13.8. The van der Waals surface area contributed by atoms with E-state index in [9.17, 15) is 4.79 Å². The van der Waals surface area contributed by atoms with E-state index in [1.54, 1.807) is 0 Å². The van der Waals surface area contributed by atoms with E-state index in [0.29, 0.717) is 17.8 Å². The Morgan fingerprint density at radius 3 is 2.22 bits per heavy atom. The smallest absolute Gasteiger partial charge is 0.243 e. The van der Waals surface area contributed by atoms with Crippen LogP contribution in [0.5, 0.6) is 0 Å². The van der Waals surface area contributed by atoms with Gasteiger partial charge in [-0.3, -0.25) is 4.79 Å². The highest BCUT2D eigenvalue weighted by Crippen LogP contribution is 2.52. The predicted octanol–water partition coefficient (Wildman–Crippen LogP) is 3.72. The van der Waals surface area contributed by atoms with E-state index in [4.69, 9.17) is 0 Å². The third-order valence-corrected chi connectivity index (χ3v) is 6.62. The lowest BCUT2D eigenvalue weighted by molar-refractivity contribution is -0.122. The second kappa shape index (κ2) is 5.19. The second-order valence-electron chi connectivity index (χ2n) is 8.18. The lowest BCUT2D eigenvalue weighted by Crippen LogP contribution is -2.46. The summed E-state index contributed by atoms with van der Waals surface area (Å²) in [7, 11) is 0. The Balaban J connectivity index is 1.24. The van der Waals surface area contributed by atoms with Crippen LogP contribution in [-0.2, 0) is 4.79 Å². The van der Waals surface area contributed by atoms with Crippen LogP contribution in [0, 0.1) is 29.6 Å². The molecule has 5 aliphatic carbocycles. The van der Waals surface area contributed by atoms with E-state index in [0.717, 1.165) is 18.3 Å². The number of carbonyl (C=O) groups is 1. The van der Waals surface area contributed by atoms with E-state index in [1.807, 2.05) is 6.07 Å². The van der Waals surface area contributed by atoms with E-state index >= 15 is 0 Å². The molecule has 120 valence electrons. The average molecular weight is 308 g/mol. The summed E-state index contributed by atoms with van der Waals surface area (Å²) in [6.07, 6.45) is 7.69. The van der Waals surface area contributed by atoms with Crippen molar-refractivity contribution in [3.8, 4) is 0 Å². The van der Waals surface area contributed by atoms with Gasteiger partial charge in [-0.05, 0) is 73.7 Å². The van der Waals surface area contributed by atoms with E-state index in [-0.39, 0.29) is 11.8 Å². The number of benzene rings is 1. The molecule has 4 bridgehead atoms. The predicted molar refractivity (Wildman–Crippen MR) is 89.9 cm³/mol. The molecule has 3 heteroatoms. The highest BCUT2D eigenvalue weighted by atomic mass is 16.2. The number of hydrazone groups is 1. The van der Waals surface area contributed by atoms with E-state index < -0.39 is 0 Å². The van der Waals surface area contributed by atoms with Crippen LogP contribution in [0.3, 0.4) is 0 Å². The monoisotopic (exact) mass is 308 g/mol. The van der Waals surface area contributed by atoms with Crippen molar-refractivity contribution in [3.05, 3.63) is 35.9 Å². The maximum atomic E-state index is 12.4. The number of nitrogens with one attached hydrogen (secondary N) is 1. The fourth-order valence-electron chi connectivity index (χ4n) is 5.61. The van der Waals surface area contributed by atoms with Gasteiger partial charge in [0.05, 0.1) is 0 Å². The maximum absolute atomic E-state index is 12.4. The van der Waals surface area contributed by atoms with Gasteiger partial charge in [0.25, 0.3) is 0 Å². The highest BCUT2D eigenvalue weighted by Gasteiger charge is 2.47. The Kier molecular flexibility index (Phi) is 3.10. The molecule has 0 spiro atoms. The Morgan fingerprint density at radius 2 is 1.57 bits per heavy atom. The lowest BCUT2D eigenvalue weighted by Gasteiger charge is -2.50. The zero-order chi connectivity index (χ0) is 15.4. The number of hydrogen-bond donors (Lipinski definition) is 1. The molecule has 5 aliphatic rings. The minimum Gasteiger partial charge on any atom is -0.273 e. The van der Waals surface area contributed by atoms with Crippen LogP contribution in [0.15, 0.2) is 35.4 Å². The minimum absolute atomic E-state index is 0.124. The van der Waals surface area contributed by atoms with Gasteiger partial charge >= 0.3 is 0 Å². The Labute approximate surface area is 137 Å². The number of carbonyl (C=O) groups excluding carboxylic acids is 1. The molecule has 1 N–H and O–H groups in total. The largest absolute Gasteiger partial charge is 0.273 e. The SMILES string of the molecule is O=C(NN=C1C2CC3CC(C2)CC1C3)[C@@H]1C[C@@H]1c1ccccc1. The Bertz CT molecular complexity index is 621. The first-order valence-corrected chi connectivity index (χ1v) is 9.20. The van der Waals surface area contributed by atoms with Crippen molar-refractivity contribution in [2.45, 2.75) is 44.4 Å². The van der Waals surface area contributed by atoms with Crippen molar-refractivity contribution in [1.29, 1.82) is 0 Å². The molecule has 6 rings (SSSR count). The van der Waals surface area contributed by atoms with Crippen LogP contribution in [0.25, 0.3) is 0 Å². The summed E-state index contributed by atoms with van der Waals surface area (Å²) in [5.74, 6) is 3.86. The molecule has 0 radical (unpaired) electrons. The summed E-state index contributed by atoms with van der Waals surface area (Å²) in [5.41, 5.74) is 5.53. The van der Waals surface area contributed by atoms with Crippen LogP contribution in [-0.4, -0.2) is 11.6 Å². The normalized spacial score (nSPS) is 40.1.